The Bertz CT molecular complexity index is 276. The van der Waals surface area contributed by atoms with Gasteiger partial charge in [-0.1, -0.05) is 30.3 Å². The van der Waals surface area contributed by atoms with Gasteiger partial charge in [-0.3, -0.25) is 0 Å². The third kappa shape index (κ3) is 3.73. The van der Waals surface area contributed by atoms with Gasteiger partial charge >= 0.3 is 0 Å². The molecule has 1 N–H and O–H groups in total. The molecule has 0 bridgehead atoms. The second-order valence-electron chi connectivity index (χ2n) is 3.04. The molecule has 0 saturated heterocycles. The van der Waals surface area contributed by atoms with E-state index in [1.807, 2.05) is 36.4 Å². The van der Waals surface area contributed by atoms with Crippen molar-refractivity contribution in [3.63, 3.8) is 0 Å². The van der Waals surface area contributed by atoms with Gasteiger partial charge in [-0.2, -0.15) is 5.26 Å². The van der Waals surface area contributed by atoms with E-state index in [4.69, 9.17) is 5.26 Å². The molecule has 0 aliphatic carbocycles. The van der Waals surface area contributed by atoms with Crippen molar-refractivity contribution in [1.82, 2.24) is 0 Å². The predicted molar refractivity (Wildman–Crippen MR) is 51.0 cm³/mol. The van der Waals surface area contributed by atoms with Crippen LogP contribution < -0.4 is 0 Å². The highest BCUT2D eigenvalue weighted by Gasteiger charge is 2.02. The summed E-state index contributed by atoms with van der Waals surface area (Å²) < 4.78 is 0. The average molecular weight is 175 g/mol. The molecule has 0 amide bonds. The molecule has 0 aromatic heterocycles. The summed E-state index contributed by atoms with van der Waals surface area (Å²) in [5, 5.41) is 17.6. The summed E-state index contributed by atoms with van der Waals surface area (Å²) in [6.07, 6.45) is 1.25. The maximum Gasteiger partial charge on any atom is 0.0673 e. The van der Waals surface area contributed by atoms with E-state index < -0.39 is 6.10 Å². The highest BCUT2D eigenvalue weighted by atomic mass is 16.3. The summed E-state index contributed by atoms with van der Waals surface area (Å²) in [5.41, 5.74) is 1.21. The minimum Gasteiger partial charge on any atom is -0.392 e. The molecule has 1 rings (SSSR count). The molecule has 0 unspecified atom stereocenters. The van der Waals surface area contributed by atoms with Crippen molar-refractivity contribution in [3.8, 4) is 6.07 Å². The fourth-order valence-electron chi connectivity index (χ4n) is 1.19. The lowest BCUT2D eigenvalue weighted by molar-refractivity contribution is 0.170. The first-order valence-electron chi connectivity index (χ1n) is 4.42. The third-order valence-corrected chi connectivity index (χ3v) is 1.94. The van der Waals surface area contributed by atoms with Gasteiger partial charge in [0.15, 0.2) is 0 Å². The molecule has 2 nitrogen and oxygen atoms in total. The normalized spacial score (nSPS) is 12.0. The van der Waals surface area contributed by atoms with Crippen molar-refractivity contribution in [3.05, 3.63) is 35.9 Å². The van der Waals surface area contributed by atoms with Gasteiger partial charge in [0.2, 0.25) is 0 Å². The van der Waals surface area contributed by atoms with Crippen LogP contribution in [0.1, 0.15) is 18.4 Å². The molecular formula is C11H13NO. The Morgan fingerprint density at radius 2 is 2.00 bits per heavy atom. The van der Waals surface area contributed by atoms with E-state index in [1.54, 1.807) is 0 Å². The number of aryl methyl sites for hydroxylation is 1. The highest BCUT2D eigenvalue weighted by molar-refractivity contribution is 5.14. The first-order valence-corrected chi connectivity index (χ1v) is 4.42. The molecule has 0 heterocycles. The zero-order chi connectivity index (χ0) is 9.52. The molecule has 13 heavy (non-hydrogen) atoms. The van der Waals surface area contributed by atoms with Gasteiger partial charge in [0, 0.05) is 0 Å². The van der Waals surface area contributed by atoms with Crippen molar-refractivity contribution in [2.75, 3.05) is 0 Å². The first kappa shape index (κ1) is 9.76. The Balaban J connectivity index is 2.32. The van der Waals surface area contributed by atoms with E-state index in [1.165, 1.54) is 5.56 Å². The number of aliphatic hydroxyl groups is 1. The largest absolute Gasteiger partial charge is 0.392 e. The number of rotatable bonds is 4. The van der Waals surface area contributed by atoms with Gasteiger partial charge in [-0.05, 0) is 18.4 Å². The second kappa shape index (κ2) is 5.34. The standard InChI is InChI=1S/C11H13NO/c12-9-8-11(13)7-6-10-4-2-1-3-5-10/h1-5,11,13H,6-8H2/t11-/m0/s1. The summed E-state index contributed by atoms with van der Waals surface area (Å²) in [6, 6.07) is 11.9. The van der Waals surface area contributed by atoms with E-state index in [9.17, 15) is 5.11 Å². The molecule has 0 fully saturated rings. The van der Waals surface area contributed by atoms with E-state index in [2.05, 4.69) is 0 Å². The molecule has 0 aliphatic heterocycles. The van der Waals surface area contributed by atoms with Crippen LogP contribution in [0, 0.1) is 11.3 Å². The maximum absolute atomic E-state index is 9.29. The number of aliphatic hydroxyl groups excluding tert-OH is 1. The number of hydrogen-bond acceptors (Lipinski definition) is 2. The van der Waals surface area contributed by atoms with Crippen LogP contribution in [0.25, 0.3) is 0 Å². The lowest BCUT2D eigenvalue weighted by atomic mass is 10.1. The predicted octanol–water partition coefficient (Wildman–Crippen LogP) is 1.89. The molecule has 0 spiro atoms. The van der Waals surface area contributed by atoms with Crippen molar-refractivity contribution in [1.29, 1.82) is 5.26 Å². The lowest BCUT2D eigenvalue weighted by Crippen LogP contribution is -2.06. The van der Waals surface area contributed by atoms with Crippen molar-refractivity contribution >= 4 is 0 Å². The summed E-state index contributed by atoms with van der Waals surface area (Å²) in [6.45, 7) is 0. The molecule has 0 aliphatic rings. The van der Waals surface area contributed by atoms with Gasteiger partial charge in [-0.25, -0.2) is 0 Å². The van der Waals surface area contributed by atoms with Crippen molar-refractivity contribution < 1.29 is 5.11 Å². The minimum atomic E-state index is -0.481. The Morgan fingerprint density at radius 3 is 2.62 bits per heavy atom. The zero-order valence-electron chi connectivity index (χ0n) is 7.48. The molecule has 0 saturated carbocycles. The van der Waals surface area contributed by atoms with Crippen LogP contribution in [0.5, 0.6) is 0 Å². The Hall–Kier alpha value is -1.33. The summed E-state index contributed by atoms with van der Waals surface area (Å²) >= 11 is 0. The fourth-order valence-corrected chi connectivity index (χ4v) is 1.19. The number of hydrogen-bond donors (Lipinski definition) is 1. The van der Waals surface area contributed by atoms with Crippen LogP contribution in [-0.4, -0.2) is 11.2 Å². The van der Waals surface area contributed by atoms with Gasteiger partial charge in [-0.15, -0.1) is 0 Å². The van der Waals surface area contributed by atoms with Crippen LogP contribution in [0.2, 0.25) is 0 Å². The third-order valence-electron chi connectivity index (χ3n) is 1.94. The van der Waals surface area contributed by atoms with Crippen LogP contribution in [0.3, 0.4) is 0 Å². The minimum absolute atomic E-state index is 0.229. The van der Waals surface area contributed by atoms with Crippen LogP contribution in [0.4, 0.5) is 0 Å². The highest BCUT2D eigenvalue weighted by Crippen LogP contribution is 2.06. The summed E-state index contributed by atoms with van der Waals surface area (Å²) in [4.78, 5) is 0. The summed E-state index contributed by atoms with van der Waals surface area (Å²) in [7, 11) is 0. The SMILES string of the molecule is N#CC[C@@H](O)CCc1ccccc1. The van der Waals surface area contributed by atoms with E-state index >= 15 is 0 Å². The van der Waals surface area contributed by atoms with Crippen LogP contribution >= 0.6 is 0 Å². The molecule has 1 aromatic rings. The molecule has 1 atom stereocenters. The number of nitrogens with zero attached hydrogens (tertiary/aromatic N) is 1. The number of nitriles is 1. The Morgan fingerprint density at radius 1 is 1.31 bits per heavy atom. The molecule has 68 valence electrons. The molecule has 1 aromatic carbocycles. The van der Waals surface area contributed by atoms with Gasteiger partial charge in [0.1, 0.15) is 0 Å². The lowest BCUT2D eigenvalue weighted by Gasteiger charge is -2.05. The smallest absolute Gasteiger partial charge is 0.0673 e. The van der Waals surface area contributed by atoms with Crippen molar-refractivity contribution in [2.24, 2.45) is 0 Å². The Labute approximate surface area is 78.4 Å². The van der Waals surface area contributed by atoms with Gasteiger partial charge < -0.3 is 5.11 Å². The quantitative estimate of drug-likeness (QED) is 0.759. The molecule has 0 radical (unpaired) electrons. The van der Waals surface area contributed by atoms with E-state index in [0.717, 1.165) is 6.42 Å². The van der Waals surface area contributed by atoms with Gasteiger partial charge in [0.25, 0.3) is 0 Å². The van der Waals surface area contributed by atoms with E-state index in [-0.39, 0.29) is 6.42 Å². The molecule has 2 heteroatoms. The maximum atomic E-state index is 9.29. The topological polar surface area (TPSA) is 44.0 Å². The number of benzene rings is 1. The van der Waals surface area contributed by atoms with Crippen LogP contribution in [-0.2, 0) is 6.42 Å². The molecular weight excluding hydrogens is 162 g/mol. The van der Waals surface area contributed by atoms with Gasteiger partial charge in [0.05, 0.1) is 18.6 Å². The first-order chi connectivity index (χ1) is 6.33. The zero-order valence-corrected chi connectivity index (χ0v) is 7.48. The fraction of sp³-hybridized carbons (Fsp3) is 0.364. The summed E-state index contributed by atoms with van der Waals surface area (Å²) in [5.74, 6) is 0. The van der Waals surface area contributed by atoms with Crippen molar-refractivity contribution in [2.45, 2.75) is 25.4 Å². The monoisotopic (exact) mass is 175 g/mol. The second-order valence-corrected chi connectivity index (χ2v) is 3.04. The average Bonchev–Trinajstić information content (AvgIpc) is 2.17. The van der Waals surface area contributed by atoms with Crippen LogP contribution in [0.15, 0.2) is 30.3 Å². The Kier molecular flexibility index (Phi) is 4.01. The van der Waals surface area contributed by atoms with E-state index in [0.29, 0.717) is 6.42 Å².